The molecule has 21 heavy (non-hydrogen) atoms. The number of hydrogen-bond acceptors (Lipinski definition) is 3. The van der Waals surface area contributed by atoms with E-state index < -0.39 is 5.82 Å². The smallest absolute Gasteiger partial charge is 0.228 e. The number of piperidine rings is 1. The summed E-state index contributed by atoms with van der Waals surface area (Å²) < 4.78 is 12.8. The first-order valence-electron chi connectivity index (χ1n) is 7.18. The fourth-order valence-corrected chi connectivity index (χ4v) is 3.18. The van der Waals surface area contributed by atoms with Crippen LogP contribution in [0, 0.1) is 17.7 Å². The molecule has 3 rings (SSSR count). The number of likely N-dealkylation sites (tertiary alicyclic amines) is 2. The second-order valence-corrected chi connectivity index (χ2v) is 5.86. The van der Waals surface area contributed by atoms with Crippen LogP contribution in [0.1, 0.15) is 12.1 Å². The quantitative estimate of drug-likeness (QED) is 0.806. The molecule has 2 saturated heterocycles. The van der Waals surface area contributed by atoms with Crippen LogP contribution in [0.4, 0.5) is 4.39 Å². The van der Waals surface area contributed by atoms with E-state index in [1.54, 1.807) is 9.80 Å². The fraction of sp³-hybridized carbons (Fsp3) is 0.533. The highest BCUT2D eigenvalue weighted by molar-refractivity contribution is 5.83. The van der Waals surface area contributed by atoms with Crippen molar-refractivity contribution in [2.45, 2.75) is 12.8 Å². The normalized spacial score (nSPS) is 25.1. The van der Waals surface area contributed by atoms with Crippen molar-refractivity contribution in [1.29, 1.82) is 0 Å². The van der Waals surface area contributed by atoms with Crippen molar-refractivity contribution in [1.82, 2.24) is 14.8 Å². The first-order valence-corrected chi connectivity index (χ1v) is 7.18. The van der Waals surface area contributed by atoms with Crippen LogP contribution >= 0.6 is 0 Å². The highest BCUT2D eigenvalue weighted by Crippen LogP contribution is 2.31. The van der Waals surface area contributed by atoms with Gasteiger partial charge < -0.3 is 9.80 Å². The van der Waals surface area contributed by atoms with Crippen LogP contribution in [-0.4, -0.2) is 53.3 Å². The second-order valence-electron chi connectivity index (χ2n) is 5.86. The standard InChI is InChI=1S/C15H18FN3O2/c1-18-5-4-10-8-19(9-13(10)15(18)21)14(20)6-12-3-2-11(16)7-17-12/h2-3,7,10,13H,4-6,8-9H2,1H3. The van der Waals surface area contributed by atoms with Gasteiger partial charge in [0.15, 0.2) is 0 Å². The highest BCUT2D eigenvalue weighted by Gasteiger charge is 2.43. The number of carbonyl (C=O) groups is 2. The van der Waals surface area contributed by atoms with Crippen molar-refractivity contribution in [2.24, 2.45) is 11.8 Å². The lowest BCUT2D eigenvalue weighted by Crippen LogP contribution is -2.42. The summed E-state index contributed by atoms with van der Waals surface area (Å²) in [4.78, 5) is 31.8. The van der Waals surface area contributed by atoms with E-state index in [2.05, 4.69) is 4.98 Å². The highest BCUT2D eigenvalue weighted by atomic mass is 19.1. The van der Waals surface area contributed by atoms with Gasteiger partial charge in [0.1, 0.15) is 5.82 Å². The van der Waals surface area contributed by atoms with Crippen LogP contribution < -0.4 is 0 Å². The van der Waals surface area contributed by atoms with Gasteiger partial charge in [-0.25, -0.2) is 4.39 Å². The average molecular weight is 291 g/mol. The number of aromatic nitrogens is 1. The van der Waals surface area contributed by atoms with Gasteiger partial charge in [0.05, 0.1) is 18.5 Å². The SMILES string of the molecule is CN1CCC2CN(C(=O)Cc3ccc(F)cn3)CC2C1=O. The minimum Gasteiger partial charge on any atom is -0.345 e. The zero-order chi connectivity index (χ0) is 15.0. The Hall–Kier alpha value is -1.98. The van der Waals surface area contributed by atoms with E-state index in [-0.39, 0.29) is 30.1 Å². The number of pyridine rings is 1. The van der Waals surface area contributed by atoms with Crippen LogP contribution in [-0.2, 0) is 16.0 Å². The van der Waals surface area contributed by atoms with Crippen molar-refractivity contribution in [2.75, 3.05) is 26.7 Å². The molecule has 5 nitrogen and oxygen atoms in total. The number of nitrogens with zero attached hydrogens (tertiary/aromatic N) is 3. The first-order chi connectivity index (χ1) is 10.0. The lowest BCUT2D eigenvalue weighted by Gasteiger charge is -2.30. The maximum atomic E-state index is 12.8. The molecule has 2 amide bonds. The van der Waals surface area contributed by atoms with E-state index in [4.69, 9.17) is 0 Å². The molecular formula is C15H18FN3O2. The largest absolute Gasteiger partial charge is 0.345 e. The van der Waals surface area contributed by atoms with Gasteiger partial charge in [0, 0.05) is 32.4 Å². The van der Waals surface area contributed by atoms with E-state index in [1.807, 2.05) is 7.05 Å². The summed E-state index contributed by atoms with van der Waals surface area (Å²) in [5.41, 5.74) is 0.555. The summed E-state index contributed by atoms with van der Waals surface area (Å²) in [6, 6.07) is 2.83. The van der Waals surface area contributed by atoms with Crippen LogP contribution in [0.3, 0.4) is 0 Å². The van der Waals surface area contributed by atoms with Crippen molar-refractivity contribution >= 4 is 11.8 Å². The molecule has 2 fully saturated rings. The summed E-state index contributed by atoms with van der Waals surface area (Å²) in [6.07, 6.45) is 2.22. The average Bonchev–Trinajstić information content (AvgIpc) is 2.90. The molecule has 0 bridgehead atoms. The Morgan fingerprint density at radius 2 is 2.24 bits per heavy atom. The molecule has 3 heterocycles. The second kappa shape index (κ2) is 5.42. The molecule has 0 saturated carbocycles. The molecule has 112 valence electrons. The molecule has 0 N–H and O–H groups in total. The molecule has 6 heteroatoms. The van der Waals surface area contributed by atoms with Gasteiger partial charge in [-0.15, -0.1) is 0 Å². The third-order valence-electron chi connectivity index (χ3n) is 4.44. The summed E-state index contributed by atoms with van der Waals surface area (Å²) in [5, 5.41) is 0. The van der Waals surface area contributed by atoms with Crippen LogP contribution in [0.25, 0.3) is 0 Å². The van der Waals surface area contributed by atoms with E-state index in [1.165, 1.54) is 12.1 Å². The Morgan fingerprint density at radius 3 is 2.95 bits per heavy atom. The summed E-state index contributed by atoms with van der Waals surface area (Å²) in [5.74, 6) is -0.0971. The molecule has 2 aliphatic rings. The third-order valence-corrected chi connectivity index (χ3v) is 4.44. The lowest BCUT2D eigenvalue weighted by molar-refractivity contribution is -0.138. The minimum atomic E-state index is -0.410. The Labute approximate surface area is 122 Å². The van der Waals surface area contributed by atoms with Gasteiger partial charge in [-0.3, -0.25) is 14.6 Å². The zero-order valence-corrected chi connectivity index (χ0v) is 12.0. The number of fused-ring (bicyclic) bond motifs is 1. The van der Waals surface area contributed by atoms with Gasteiger partial charge in [0.2, 0.25) is 11.8 Å². The van der Waals surface area contributed by atoms with Crippen molar-refractivity contribution < 1.29 is 14.0 Å². The predicted molar refractivity (Wildman–Crippen MR) is 73.7 cm³/mol. The predicted octanol–water partition coefficient (Wildman–Crippen LogP) is 0.700. The molecule has 0 aliphatic carbocycles. The van der Waals surface area contributed by atoms with Crippen molar-refractivity contribution in [3.8, 4) is 0 Å². The third kappa shape index (κ3) is 2.75. The van der Waals surface area contributed by atoms with Gasteiger partial charge in [-0.1, -0.05) is 0 Å². The number of carbonyl (C=O) groups excluding carboxylic acids is 2. The van der Waals surface area contributed by atoms with Crippen LogP contribution in [0.2, 0.25) is 0 Å². The van der Waals surface area contributed by atoms with E-state index >= 15 is 0 Å². The molecule has 2 unspecified atom stereocenters. The molecular weight excluding hydrogens is 273 g/mol. The molecule has 1 aromatic rings. The van der Waals surface area contributed by atoms with Crippen LogP contribution in [0.15, 0.2) is 18.3 Å². The number of rotatable bonds is 2. The molecule has 0 radical (unpaired) electrons. The Bertz CT molecular complexity index is 561. The van der Waals surface area contributed by atoms with Gasteiger partial charge in [-0.2, -0.15) is 0 Å². The van der Waals surface area contributed by atoms with E-state index in [0.717, 1.165) is 19.2 Å². The fourth-order valence-electron chi connectivity index (χ4n) is 3.18. The summed E-state index contributed by atoms with van der Waals surface area (Å²) in [6.45, 7) is 1.90. The lowest BCUT2D eigenvalue weighted by atomic mass is 9.88. The van der Waals surface area contributed by atoms with Gasteiger partial charge in [-0.05, 0) is 24.5 Å². The Balaban J connectivity index is 1.64. The molecule has 0 aromatic carbocycles. The molecule has 1 aromatic heterocycles. The maximum absolute atomic E-state index is 12.8. The first kappa shape index (κ1) is 14.0. The van der Waals surface area contributed by atoms with Crippen LogP contribution in [0.5, 0.6) is 0 Å². The summed E-state index contributed by atoms with van der Waals surface area (Å²) in [7, 11) is 1.81. The maximum Gasteiger partial charge on any atom is 0.228 e. The molecule has 2 aliphatic heterocycles. The monoisotopic (exact) mass is 291 g/mol. The minimum absolute atomic E-state index is 0.0426. The summed E-state index contributed by atoms with van der Waals surface area (Å²) >= 11 is 0. The van der Waals surface area contributed by atoms with Crippen molar-refractivity contribution in [3.63, 3.8) is 0 Å². The number of halogens is 1. The topological polar surface area (TPSA) is 53.5 Å². The Kier molecular flexibility index (Phi) is 3.61. The zero-order valence-electron chi connectivity index (χ0n) is 12.0. The molecule has 0 spiro atoms. The van der Waals surface area contributed by atoms with Gasteiger partial charge in [0.25, 0.3) is 0 Å². The Morgan fingerprint density at radius 1 is 1.43 bits per heavy atom. The number of amides is 2. The van der Waals surface area contributed by atoms with Gasteiger partial charge >= 0.3 is 0 Å². The van der Waals surface area contributed by atoms with Crippen molar-refractivity contribution in [3.05, 3.63) is 29.8 Å². The number of hydrogen-bond donors (Lipinski definition) is 0. The molecule has 2 atom stereocenters. The van der Waals surface area contributed by atoms with E-state index in [9.17, 15) is 14.0 Å². The van der Waals surface area contributed by atoms with E-state index in [0.29, 0.717) is 18.8 Å².